The summed E-state index contributed by atoms with van der Waals surface area (Å²) in [6.45, 7) is 6.72. The highest BCUT2D eigenvalue weighted by atomic mass is 16.5. The molecule has 0 aliphatic heterocycles. The zero-order chi connectivity index (χ0) is 10.8. The van der Waals surface area contributed by atoms with Gasteiger partial charge in [0.25, 0.3) is 5.95 Å². The third-order valence-corrected chi connectivity index (χ3v) is 1.26. The summed E-state index contributed by atoms with van der Waals surface area (Å²) in [4.78, 5) is 0. The second-order valence-electron chi connectivity index (χ2n) is 2.38. The summed E-state index contributed by atoms with van der Waals surface area (Å²) >= 11 is 0. The number of rotatable bonds is 2. The van der Waals surface area contributed by atoms with Crippen molar-refractivity contribution in [2.75, 3.05) is 0 Å². The van der Waals surface area contributed by atoms with Gasteiger partial charge in [0.2, 0.25) is 0 Å². The van der Waals surface area contributed by atoms with Crippen LogP contribution in [-0.2, 0) is 0 Å². The SMILES string of the molecule is C=CC=C.OC(O)=Cc1ccccc1. The summed E-state index contributed by atoms with van der Waals surface area (Å²) < 4.78 is 0. The molecular formula is C12H14O2. The topological polar surface area (TPSA) is 40.5 Å². The van der Waals surface area contributed by atoms with Crippen LogP contribution >= 0.6 is 0 Å². The Morgan fingerprint density at radius 2 is 1.50 bits per heavy atom. The van der Waals surface area contributed by atoms with Gasteiger partial charge in [-0.1, -0.05) is 55.6 Å². The molecule has 0 saturated carbocycles. The van der Waals surface area contributed by atoms with E-state index in [4.69, 9.17) is 10.2 Å². The smallest absolute Gasteiger partial charge is 0.274 e. The van der Waals surface area contributed by atoms with E-state index in [2.05, 4.69) is 13.2 Å². The Balaban J connectivity index is 0.000000364. The molecule has 2 N–H and O–H groups in total. The summed E-state index contributed by atoms with van der Waals surface area (Å²) in [7, 11) is 0. The van der Waals surface area contributed by atoms with E-state index in [1.165, 1.54) is 6.08 Å². The zero-order valence-electron chi connectivity index (χ0n) is 7.93. The van der Waals surface area contributed by atoms with Crippen molar-refractivity contribution in [3.05, 3.63) is 67.2 Å². The first-order chi connectivity index (χ1) is 6.70. The molecule has 0 saturated heterocycles. The van der Waals surface area contributed by atoms with E-state index >= 15 is 0 Å². The lowest BCUT2D eigenvalue weighted by molar-refractivity contribution is 0.197. The van der Waals surface area contributed by atoms with Crippen molar-refractivity contribution in [3.8, 4) is 0 Å². The van der Waals surface area contributed by atoms with Crippen LogP contribution in [0.2, 0.25) is 0 Å². The van der Waals surface area contributed by atoms with Crippen LogP contribution in [0, 0.1) is 0 Å². The Bertz CT molecular complexity index is 289. The molecule has 0 aliphatic rings. The maximum absolute atomic E-state index is 8.42. The maximum atomic E-state index is 8.42. The minimum atomic E-state index is -0.661. The highest BCUT2D eigenvalue weighted by molar-refractivity contribution is 5.48. The van der Waals surface area contributed by atoms with Crippen LogP contribution in [0.3, 0.4) is 0 Å². The molecule has 0 amide bonds. The van der Waals surface area contributed by atoms with Crippen molar-refractivity contribution in [2.45, 2.75) is 0 Å². The molecule has 74 valence electrons. The predicted octanol–water partition coefficient (Wildman–Crippen LogP) is 3.46. The lowest BCUT2D eigenvalue weighted by atomic mass is 10.2. The molecule has 0 atom stereocenters. The van der Waals surface area contributed by atoms with Gasteiger partial charge in [-0.25, -0.2) is 0 Å². The summed E-state index contributed by atoms with van der Waals surface area (Å²) in [5.74, 6) is -0.661. The minimum Gasteiger partial charge on any atom is -0.481 e. The molecule has 2 heteroatoms. The van der Waals surface area contributed by atoms with Crippen molar-refractivity contribution in [3.63, 3.8) is 0 Å². The Kier molecular flexibility index (Phi) is 6.60. The van der Waals surface area contributed by atoms with Gasteiger partial charge in [0.1, 0.15) is 0 Å². The number of hydrogen-bond donors (Lipinski definition) is 2. The van der Waals surface area contributed by atoms with Crippen LogP contribution < -0.4 is 0 Å². The van der Waals surface area contributed by atoms with Gasteiger partial charge in [0, 0.05) is 6.08 Å². The number of hydrogen-bond acceptors (Lipinski definition) is 2. The van der Waals surface area contributed by atoms with E-state index in [0.29, 0.717) is 0 Å². The monoisotopic (exact) mass is 190 g/mol. The fourth-order valence-corrected chi connectivity index (χ4v) is 0.698. The van der Waals surface area contributed by atoms with Gasteiger partial charge in [0.15, 0.2) is 0 Å². The van der Waals surface area contributed by atoms with Crippen LogP contribution in [0.1, 0.15) is 5.56 Å². The highest BCUT2D eigenvalue weighted by Gasteiger charge is 1.86. The number of aliphatic hydroxyl groups excluding tert-OH is 1. The molecule has 0 aliphatic carbocycles. The van der Waals surface area contributed by atoms with Crippen molar-refractivity contribution in [1.29, 1.82) is 0 Å². The molecular weight excluding hydrogens is 176 g/mol. The zero-order valence-corrected chi connectivity index (χ0v) is 7.93. The van der Waals surface area contributed by atoms with E-state index in [1.54, 1.807) is 24.3 Å². The maximum Gasteiger partial charge on any atom is 0.274 e. The van der Waals surface area contributed by atoms with Crippen molar-refractivity contribution in [2.24, 2.45) is 0 Å². The quantitative estimate of drug-likeness (QED) is 0.553. The Morgan fingerprint density at radius 3 is 1.86 bits per heavy atom. The first-order valence-electron chi connectivity index (χ1n) is 4.09. The molecule has 14 heavy (non-hydrogen) atoms. The molecule has 0 heterocycles. The number of aliphatic hydroxyl groups is 2. The van der Waals surface area contributed by atoms with E-state index < -0.39 is 5.95 Å². The average molecular weight is 190 g/mol. The molecule has 2 nitrogen and oxygen atoms in total. The van der Waals surface area contributed by atoms with Crippen LogP contribution in [0.4, 0.5) is 0 Å². The number of benzene rings is 1. The van der Waals surface area contributed by atoms with Crippen molar-refractivity contribution < 1.29 is 10.2 Å². The second kappa shape index (κ2) is 7.68. The highest BCUT2D eigenvalue weighted by Crippen LogP contribution is 2.01. The minimum absolute atomic E-state index is 0.661. The van der Waals surface area contributed by atoms with Gasteiger partial charge >= 0.3 is 0 Å². The largest absolute Gasteiger partial charge is 0.481 e. The fraction of sp³-hybridized carbons (Fsp3) is 0. The third-order valence-electron chi connectivity index (χ3n) is 1.26. The van der Waals surface area contributed by atoms with Gasteiger partial charge in [-0.05, 0) is 5.56 Å². The first-order valence-corrected chi connectivity index (χ1v) is 4.09. The van der Waals surface area contributed by atoms with Crippen LogP contribution in [0.15, 0.2) is 61.6 Å². The summed E-state index contributed by atoms with van der Waals surface area (Å²) in [6.07, 6.45) is 4.56. The molecule has 0 radical (unpaired) electrons. The Labute approximate surface area is 84.1 Å². The standard InChI is InChI=1S/C8H8O2.C4H6/c9-8(10)6-7-4-2-1-3-5-7;1-3-4-2/h1-6,9-10H;3-4H,1-2H2. The average Bonchev–Trinajstić information content (AvgIpc) is 2.19. The van der Waals surface area contributed by atoms with Gasteiger partial charge < -0.3 is 10.2 Å². The molecule has 0 unspecified atom stereocenters. The van der Waals surface area contributed by atoms with Crippen molar-refractivity contribution in [1.82, 2.24) is 0 Å². The Hall–Kier alpha value is -1.96. The molecule has 0 bridgehead atoms. The molecule has 1 rings (SSSR count). The van der Waals surface area contributed by atoms with Crippen LogP contribution in [-0.4, -0.2) is 10.2 Å². The molecule has 1 aromatic rings. The van der Waals surface area contributed by atoms with Gasteiger partial charge in [-0.15, -0.1) is 0 Å². The van der Waals surface area contributed by atoms with Crippen LogP contribution in [0.5, 0.6) is 0 Å². The van der Waals surface area contributed by atoms with E-state index in [1.807, 2.05) is 18.2 Å². The molecule has 0 spiro atoms. The summed E-state index contributed by atoms with van der Waals surface area (Å²) in [5.41, 5.74) is 0.780. The van der Waals surface area contributed by atoms with Gasteiger partial charge in [-0.3, -0.25) is 0 Å². The first kappa shape index (κ1) is 12.0. The fourth-order valence-electron chi connectivity index (χ4n) is 0.698. The number of allylic oxidation sites excluding steroid dienone is 2. The van der Waals surface area contributed by atoms with E-state index in [0.717, 1.165) is 5.56 Å². The predicted molar refractivity (Wildman–Crippen MR) is 60.1 cm³/mol. The third kappa shape index (κ3) is 6.73. The molecule has 0 aromatic heterocycles. The van der Waals surface area contributed by atoms with E-state index in [9.17, 15) is 0 Å². The lowest BCUT2D eigenvalue weighted by Crippen LogP contribution is -1.75. The lowest BCUT2D eigenvalue weighted by Gasteiger charge is -1.89. The van der Waals surface area contributed by atoms with Crippen molar-refractivity contribution >= 4 is 6.08 Å². The second-order valence-corrected chi connectivity index (χ2v) is 2.38. The van der Waals surface area contributed by atoms with E-state index in [-0.39, 0.29) is 0 Å². The van der Waals surface area contributed by atoms with Crippen LogP contribution in [0.25, 0.3) is 6.08 Å². The molecule has 0 fully saturated rings. The van der Waals surface area contributed by atoms with Gasteiger partial charge in [0.05, 0.1) is 0 Å². The normalized spacial score (nSPS) is 7.71. The summed E-state index contributed by atoms with van der Waals surface area (Å²) in [6, 6.07) is 9.09. The Morgan fingerprint density at radius 1 is 1.00 bits per heavy atom. The van der Waals surface area contributed by atoms with Gasteiger partial charge in [-0.2, -0.15) is 0 Å². The summed E-state index contributed by atoms with van der Waals surface area (Å²) in [5, 5.41) is 16.8. The molecule has 1 aromatic carbocycles.